The summed E-state index contributed by atoms with van der Waals surface area (Å²) >= 11 is 0. The molecular weight excluding hydrogens is 815 g/mol. The lowest BCUT2D eigenvalue weighted by Crippen LogP contribution is -2.45. The Hall–Kier alpha value is -1.66. The lowest BCUT2D eigenvalue weighted by molar-refractivity contribution is -0.143. The van der Waals surface area contributed by atoms with Gasteiger partial charge in [-0.3, -0.25) is 9.59 Å². The number of amides is 1. The standard InChI is InChI=1S/C60H115NO5/c1-3-5-7-9-11-13-15-17-18-19-20-24-27-30-34-38-42-46-50-54-60(65)66-55-51-47-43-39-35-31-28-25-22-21-23-26-29-33-37-41-45-49-53-59(64)61-57(56-62)58(63)52-48-44-40-36-32-16-14-12-10-8-6-4-2/h17-18,48,52,57-58,62-63H,3-16,19-47,49-51,53-56H2,1-2H3,(H,61,64)/b18-17-,52-48+. The molecule has 0 bridgehead atoms. The molecule has 3 N–H and O–H groups in total. The van der Waals surface area contributed by atoms with Crippen molar-refractivity contribution in [1.29, 1.82) is 0 Å². The minimum Gasteiger partial charge on any atom is -0.466 e. The third-order valence-corrected chi connectivity index (χ3v) is 13.7. The molecule has 0 aromatic rings. The SMILES string of the molecule is CCCCCCCC/C=C\CCCCCCCCCCCC(=O)OCCCCCCCCCCCCCCCCCCCCC(=O)NC(CO)C(O)/C=C/CCCCCCCCCCCC. The quantitative estimate of drug-likeness (QED) is 0.0321. The van der Waals surface area contributed by atoms with Gasteiger partial charge in [-0.1, -0.05) is 276 Å². The van der Waals surface area contributed by atoms with Gasteiger partial charge in [0, 0.05) is 12.8 Å². The maximum Gasteiger partial charge on any atom is 0.305 e. The zero-order valence-electron chi connectivity index (χ0n) is 44.4. The Balaban J connectivity index is 3.39. The van der Waals surface area contributed by atoms with Crippen LogP contribution in [-0.4, -0.2) is 47.4 Å². The second kappa shape index (κ2) is 55.9. The Bertz CT molecular complexity index is 1030. The zero-order chi connectivity index (χ0) is 47.9. The summed E-state index contributed by atoms with van der Waals surface area (Å²) in [4.78, 5) is 24.5. The Morgan fingerprint density at radius 2 is 0.712 bits per heavy atom. The summed E-state index contributed by atoms with van der Waals surface area (Å²) in [5, 5.41) is 23.0. The highest BCUT2D eigenvalue weighted by atomic mass is 16.5. The zero-order valence-corrected chi connectivity index (χ0v) is 44.4. The fraction of sp³-hybridized carbons (Fsp3) is 0.900. The maximum absolute atomic E-state index is 12.4. The molecule has 2 atom stereocenters. The molecule has 390 valence electrons. The van der Waals surface area contributed by atoms with Gasteiger partial charge in [-0.25, -0.2) is 0 Å². The molecule has 1 amide bonds. The van der Waals surface area contributed by atoms with Gasteiger partial charge >= 0.3 is 5.97 Å². The van der Waals surface area contributed by atoms with Crippen molar-refractivity contribution >= 4 is 11.9 Å². The summed E-state index contributed by atoms with van der Waals surface area (Å²) in [5.74, 6) is -0.0658. The predicted molar refractivity (Wildman–Crippen MR) is 287 cm³/mol. The van der Waals surface area contributed by atoms with E-state index in [-0.39, 0.29) is 18.5 Å². The van der Waals surface area contributed by atoms with Crippen LogP contribution in [0.5, 0.6) is 0 Å². The summed E-state index contributed by atoms with van der Waals surface area (Å²) in [6.45, 7) is 4.89. The van der Waals surface area contributed by atoms with Crippen molar-refractivity contribution < 1.29 is 24.5 Å². The molecule has 6 nitrogen and oxygen atoms in total. The monoisotopic (exact) mass is 930 g/mol. The number of allylic oxidation sites excluding steroid dienone is 3. The third-order valence-electron chi connectivity index (χ3n) is 13.7. The highest BCUT2D eigenvalue weighted by molar-refractivity contribution is 5.76. The van der Waals surface area contributed by atoms with Crippen LogP contribution >= 0.6 is 0 Å². The van der Waals surface area contributed by atoms with Gasteiger partial charge < -0.3 is 20.3 Å². The highest BCUT2D eigenvalue weighted by Crippen LogP contribution is 2.17. The number of rotatable bonds is 55. The number of esters is 1. The van der Waals surface area contributed by atoms with E-state index in [1.165, 1.54) is 250 Å². The van der Waals surface area contributed by atoms with Crippen LogP contribution in [0.4, 0.5) is 0 Å². The summed E-state index contributed by atoms with van der Waals surface area (Å²) in [6, 6.07) is -0.630. The molecule has 0 heterocycles. The molecule has 0 aromatic carbocycles. The van der Waals surface area contributed by atoms with Crippen LogP contribution in [0.1, 0.15) is 322 Å². The minimum atomic E-state index is -0.846. The molecule has 0 aliphatic rings. The van der Waals surface area contributed by atoms with Crippen LogP contribution in [0.3, 0.4) is 0 Å². The van der Waals surface area contributed by atoms with E-state index in [0.717, 1.165) is 44.9 Å². The van der Waals surface area contributed by atoms with E-state index in [0.29, 0.717) is 19.4 Å². The number of ether oxygens (including phenoxy) is 1. The fourth-order valence-electron chi connectivity index (χ4n) is 9.16. The molecule has 0 aliphatic heterocycles. The van der Waals surface area contributed by atoms with E-state index in [4.69, 9.17) is 4.74 Å². The molecule has 0 rings (SSSR count). The van der Waals surface area contributed by atoms with Crippen molar-refractivity contribution in [3.63, 3.8) is 0 Å². The number of aliphatic hydroxyl groups is 2. The van der Waals surface area contributed by atoms with E-state index < -0.39 is 12.1 Å². The molecule has 2 unspecified atom stereocenters. The largest absolute Gasteiger partial charge is 0.466 e. The summed E-state index contributed by atoms with van der Waals surface area (Å²) in [5.41, 5.74) is 0. The molecular formula is C60H115NO5. The van der Waals surface area contributed by atoms with Crippen LogP contribution in [0.15, 0.2) is 24.3 Å². The predicted octanol–water partition coefficient (Wildman–Crippen LogP) is 18.2. The minimum absolute atomic E-state index is 0.00617. The normalized spacial score (nSPS) is 12.7. The second-order valence-electron chi connectivity index (χ2n) is 20.3. The molecule has 0 radical (unpaired) electrons. The molecule has 6 heteroatoms. The molecule has 0 saturated heterocycles. The van der Waals surface area contributed by atoms with Crippen molar-refractivity contribution in [2.24, 2.45) is 0 Å². The summed E-state index contributed by atoms with van der Waals surface area (Å²) in [6.07, 6.45) is 67.8. The molecule has 0 aliphatic carbocycles. The van der Waals surface area contributed by atoms with Gasteiger partial charge in [0.1, 0.15) is 0 Å². The van der Waals surface area contributed by atoms with Gasteiger partial charge in [0.05, 0.1) is 25.4 Å². The number of aliphatic hydroxyl groups excluding tert-OH is 2. The van der Waals surface area contributed by atoms with Gasteiger partial charge in [0.2, 0.25) is 5.91 Å². The van der Waals surface area contributed by atoms with Crippen molar-refractivity contribution in [2.45, 2.75) is 334 Å². The van der Waals surface area contributed by atoms with Crippen LogP contribution in [-0.2, 0) is 14.3 Å². The number of carbonyl (C=O) groups excluding carboxylic acids is 2. The van der Waals surface area contributed by atoms with Crippen molar-refractivity contribution in [2.75, 3.05) is 13.2 Å². The van der Waals surface area contributed by atoms with E-state index in [9.17, 15) is 19.8 Å². The van der Waals surface area contributed by atoms with E-state index in [1.54, 1.807) is 6.08 Å². The number of hydrogen-bond donors (Lipinski definition) is 3. The number of nitrogens with one attached hydrogen (secondary N) is 1. The molecule has 0 saturated carbocycles. The first-order chi connectivity index (χ1) is 32.5. The van der Waals surface area contributed by atoms with Gasteiger partial charge in [0.25, 0.3) is 0 Å². The summed E-state index contributed by atoms with van der Waals surface area (Å²) < 4.78 is 5.49. The second-order valence-corrected chi connectivity index (χ2v) is 20.3. The molecule has 66 heavy (non-hydrogen) atoms. The fourth-order valence-corrected chi connectivity index (χ4v) is 9.16. The van der Waals surface area contributed by atoms with Crippen molar-refractivity contribution in [3.8, 4) is 0 Å². The van der Waals surface area contributed by atoms with Crippen LogP contribution in [0, 0.1) is 0 Å². The highest BCUT2D eigenvalue weighted by Gasteiger charge is 2.18. The Morgan fingerprint density at radius 3 is 1.08 bits per heavy atom. The molecule has 0 aromatic heterocycles. The number of carbonyl (C=O) groups is 2. The number of hydrogen-bond acceptors (Lipinski definition) is 5. The Kier molecular flexibility index (Phi) is 54.5. The first-order valence-electron chi connectivity index (χ1n) is 29.6. The van der Waals surface area contributed by atoms with E-state index in [2.05, 4.69) is 31.3 Å². The number of unbranched alkanes of at least 4 members (excludes halogenated alkanes) is 42. The smallest absolute Gasteiger partial charge is 0.305 e. The van der Waals surface area contributed by atoms with Gasteiger partial charge in [0.15, 0.2) is 0 Å². The lowest BCUT2D eigenvalue weighted by atomic mass is 10.0. The summed E-state index contributed by atoms with van der Waals surface area (Å²) in [7, 11) is 0. The van der Waals surface area contributed by atoms with Gasteiger partial charge in [-0.2, -0.15) is 0 Å². The van der Waals surface area contributed by atoms with Crippen molar-refractivity contribution in [3.05, 3.63) is 24.3 Å². The molecule has 0 fully saturated rings. The van der Waals surface area contributed by atoms with E-state index in [1.807, 2.05) is 6.08 Å². The van der Waals surface area contributed by atoms with Gasteiger partial charge in [-0.05, 0) is 57.8 Å². The molecule has 0 spiro atoms. The Morgan fingerprint density at radius 1 is 0.409 bits per heavy atom. The maximum atomic E-state index is 12.4. The van der Waals surface area contributed by atoms with Crippen molar-refractivity contribution in [1.82, 2.24) is 5.32 Å². The first kappa shape index (κ1) is 64.3. The van der Waals surface area contributed by atoms with Crippen LogP contribution in [0.2, 0.25) is 0 Å². The first-order valence-corrected chi connectivity index (χ1v) is 29.6. The third kappa shape index (κ3) is 51.7. The average Bonchev–Trinajstić information content (AvgIpc) is 3.32. The van der Waals surface area contributed by atoms with Crippen LogP contribution < -0.4 is 5.32 Å². The van der Waals surface area contributed by atoms with Crippen LogP contribution in [0.25, 0.3) is 0 Å². The lowest BCUT2D eigenvalue weighted by Gasteiger charge is -2.20. The Labute approximate surface area is 411 Å². The topological polar surface area (TPSA) is 95.9 Å². The van der Waals surface area contributed by atoms with Gasteiger partial charge in [-0.15, -0.1) is 0 Å². The van der Waals surface area contributed by atoms with E-state index >= 15 is 0 Å². The average molecular weight is 931 g/mol.